The Bertz CT molecular complexity index is 1570. The van der Waals surface area contributed by atoms with Crippen LogP contribution in [-0.4, -0.2) is 21.1 Å². The fourth-order valence-corrected chi connectivity index (χ4v) is 5.08. The van der Waals surface area contributed by atoms with Crippen LogP contribution < -0.4 is 10.5 Å². The average molecular weight is 486 g/mol. The van der Waals surface area contributed by atoms with Crippen LogP contribution in [0.2, 0.25) is 0 Å². The molecule has 1 aliphatic heterocycles. The largest absolute Gasteiger partial charge is 0.296 e. The van der Waals surface area contributed by atoms with Gasteiger partial charge in [0.25, 0.3) is 11.5 Å². The molecule has 0 unspecified atom stereocenters. The highest BCUT2D eigenvalue weighted by molar-refractivity contribution is 8.04. The van der Waals surface area contributed by atoms with E-state index in [9.17, 15) is 18.8 Å². The number of fused-ring (bicyclic) bond motifs is 1. The van der Waals surface area contributed by atoms with Gasteiger partial charge >= 0.3 is 0 Å². The second-order valence-electron chi connectivity index (χ2n) is 7.99. The van der Waals surface area contributed by atoms with E-state index < -0.39 is 17.3 Å². The van der Waals surface area contributed by atoms with Gasteiger partial charge in [-0.1, -0.05) is 54.2 Å². The fraction of sp³-hybridized carbons (Fsp3) is 0.0741. The summed E-state index contributed by atoms with van der Waals surface area (Å²) in [5.41, 5.74) is 0.985. The third kappa shape index (κ3) is 3.81. The molecule has 0 N–H and O–H groups in total. The Morgan fingerprint density at radius 1 is 0.943 bits per heavy atom. The van der Waals surface area contributed by atoms with Crippen LogP contribution in [0.1, 0.15) is 26.4 Å². The van der Waals surface area contributed by atoms with E-state index in [2.05, 4.69) is 0 Å². The molecule has 1 aromatic heterocycles. The predicted molar refractivity (Wildman–Crippen MR) is 134 cm³/mol. The minimum absolute atomic E-state index is 0.0430. The number of nitrogens with zero attached hydrogens (tertiary/aromatic N) is 3. The zero-order valence-corrected chi connectivity index (χ0v) is 19.8. The Labute approximate surface area is 204 Å². The second-order valence-corrected chi connectivity index (χ2v) is 9.07. The Kier molecular flexibility index (Phi) is 5.74. The number of amides is 1. The molecular weight excluding hydrogens is 465 g/mol. The molecule has 6 nitrogen and oxygen atoms in total. The van der Waals surface area contributed by atoms with Crippen molar-refractivity contribution in [1.29, 1.82) is 0 Å². The minimum Gasteiger partial charge on any atom is -0.288 e. The highest BCUT2D eigenvalue weighted by Crippen LogP contribution is 2.40. The number of ketones is 1. The lowest BCUT2D eigenvalue weighted by Gasteiger charge is -2.18. The van der Waals surface area contributed by atoms with Crippen molar-refractivity contribution in [3.05, 3.63) is 123 Å². The number of para-hydroxylation sites is 1. The van der Waals surface area contributed by atoms with Crippen LogP contribution in [0.4, 0.5) is 10.1 Å². The van der Waals surface area contributed by atoms with Crippen LogP contribution in [0.15, 0.2) is 99.7 Å². The van der Waals surface area contributed by atoms with Crippen molar-refractivity contribution in [3.63, 3.8) is 0 Å². The molecule has 5 rings (SSSR count). The lowest BCUT2D eigenvalue weighted by molar-refractivity contribution is 0.0993. The van der Waals surface area contributed by atoms with E-state index in [0.717, 1.165) is 9.80 Å². The number of carbonyl (C=O) groups is 2. The molecular formula is C27H20FN3O3S. The van der Waals surface area contributed by atoms with Gasteiger partial charge in [-0.2, -0.15) is 0 Å². The smallest absolute Gasteiger partial charge is 0.288 e. The molecule has 0 bridgehead atoms. The molecule has 8 heteroatoms. The summed E-state index contributed by atoms with van der Waals surface area (Å²) in [6.07, 6.45) is 1.35. The van der Waals surface area contributed by atoms with Gasteiger partial charge in [-0.3, -0.25) is 24.0 Å². The van der Waals surface area contributed by atoms with Gasteiger partial charge in [-0.25, -0.2) is 9.07 Å². The zero-order valence-electron chi connectivity index (χ0n) is 18.9. The first-order valence-corrected chi connectivity index (χ1v) is 11.7. The first-order valence-electron chi connectivity index (χ1n) is 10.8. The summed E-state index contributed by atoms with van der Waals surface area (Å²) in [5, 5.41) is 0. The predicted octanol–water partition coefficient (Wildman–Crippen LogP) is 5.10. The van der Waals surface area contributed by atoms with Crippen LogP contribution in [0.25, 0.3) is 5.69 Å². The number of rotatable bonds is 4. The molecule has 2 heterocycles. The normalized spacial score (nSPS) is 13.8. The summed E-state index contributed by atoms with van der Waals surface area (Å²) in [6, 6.07) is 21.7. The molecule has 0 aliphatic carbocycles. The van der Waals surface area contributed by atoms with Crippen LogP contribution in [0.5, 0.6) is 0 Å². The highest BCUT2D eigenvalue weighted by atomic mass is 32.2. The Morgan fingerprint density at radius 2 is 1.60 bits per heavy atom. The molecule has 0 atom stereocenters. The van der Waals surface area contributed by atoms with Crippen molar-refractivity contribution in [2.24, 2.45) is 7.05 Å². The number of benzene rings is 3. The Morgan fingerprint density at radius 3 is 2.31 bits per heavy atom. The first-order chi connectivity index (χ1) is 16.9. The van der Waals surface area contributed by atoms with E-state index in [1.165, 1.54) is 40.8 Å². The fourth-order valence-electron chi connectivity index (χ4n) is 4.06. The van der Waals surface area contributed by atoms with E-state index >= 15 is 0 Å². The van der Waals surface area contributed by atoms with Crippen molar-refractivity contribution in [1.82, 2.24) is 9.36 Å². The Balaban J connectivity index is 1.71. The molecule has 35 heavy (non-hydrogen) atoms. The second kappa shape index (κ2) is 8.88. The molecule has 4 aromatic rings. The first kappa shape index (κ1) is 22.6. The SMILES string of the molecule is Cc1c(N(/C=C2/Sc3ccccc3C2=O)C(=O)c2ccccc2F)c(=O)n(-c2ccccc2)n1C. The summed E-state index contributed by atoms with van der Waals surface area (Å²) in [5.74, 6) is -1.72. The van der Waals surface area contributed by atoms with Gasteiger partial charge < -0.3 is 0 Å². The van der Waals surface area contributed by atoms with E-state index in [1.807, 2.05) is 18.2 Å². The number of halogens is 1. The minimum atomic E-state index is -0.744. The van der Waals surface area contributed by atoms with Crippen molar-refractivity contribution in [2.75, 3.05) is 4.90 Å². The quantitative estimate of drug-likeness (QED) is 0.377. The van der Waals surface area contributed by atoms with Gasteiger partial charge in [0.15, 0.2) is 0 Å². The number of Topliss-reactive ketones (excluding diaryl/α,β-unsaturated/α-hetero) is 1. The average Bonchev–Trinajstić information content (AvgIpc) is 3.30. The van der Waals surface area contributed by atoms with Gasteiger partial charge in [0.1, 0.15) is 11.5 Å². The maximum Gasteiger partial charge on any atom is 0.296 e. The monoisotopic (exact) mass is 485 g/mol. The van der Waals surface area contributed by atoms with Gasteiger partial charge in [0.05, 0.1) is 21.8 Å². The standard InChI is InChI=1S/C27H20FN3O3S/c1-17-24(27(34)31(29(17)2)18-10-4-3-5-11-18)30(26(33)19-12-6-8-14-21(19)28)16-23-25(32)20-13-7-9-15-22(20)35-23/h3-16H,1-2H3/b23-16+. The van der Waals surface area contributed by atoms with Gasteiger partial charge in [0, 0.05) is 23.7 Å². The van der Waals surface area contributed by atoms with E-state index in [-0.39, 0.29) is 21.9 Å². The van der Waals surface area contributed by atoms with Crippen molar-refractivity contribution in [2.45, 2.75) is 11.8 Å². The molecule has 0 fully saturated rings. The van der Waals surface area contributed by atoms with Gasteiger partial charge in [-0.15, -0.1) is 0 Å². The third-order valence-electron chi connectivity index (χ3n) is 5.91. The molecule has 0 spiro atoms. The van der Waals surface area contributed by atoms with Gasteiger partial charge in [-0.05, 0) is 43.3 Å². The topological polar surface area (TPSA) is 64.3 Å². The molecule has 174 valence electrons. The van der Waals surface area contributed by atoms with Crippen LogP contribution in [0, 0.1) is 12.7 Å². The van der Waals surface area contributed by atoms with E-state index in [4.69, 9.17) is 0 Å². The van der Waals surface area contributed by atoms with Crippen LogP contribution in [-0.2, 0) is 7.05 Å². The summed E-state index contributed by atoms with van der Waals surface area (Å²) >= 11 is 1.21. The molecule has 3 aromatic carbocycles. The lowest BCUT2D eigenvalue weighted by atomic mass is 10.1. The summed E-state index contributed by atoms with van der Waals surface area (Å²) in [4.78, 5) is 42.5. The van der Waals surface area contributed by atoms with Crippen molar-refractivity contribution >= 4 is 29.1 Å². The maximum atomic E-state index is 14.6. The van der Waals surface area contributed by atoms with E-state index in [1.54, 1.807) is 61.1 Å². The van der Waals surface area contributed by atoms with E-state index in [0.29, 0.717) is 16.9 Å². The Hall–Kier alpha value is -4.17. The number of hydrogen-bond acceptors (Lipinski definition) is 4. The number of carbonyl (C=O) groups excluding carboxylic acids is 2. The lowest BCUT2D eigenvalue weighted by Crippen LogP contribution is -2.32. The molecule has 1 aliphatic rings. The number of anilines is 1. The molecule has 0 saturated carbocycles. The van der Waals surface area contributed by atoms with Crippen molar-refractivity contribution in [3.8, 4) is 5.69 Å². The molecule has 1 amide bonds. The number of hydrogen-bond donors (Lipinski definition) is 0. The third-order valence-corrected chi connectivity index (χ3v) is 7.00. The molecule has 0 saturated heterocycles. The summed E-state index contributed by atoms with van der Waals surface area (Å²) in [7, 11) is 1.71. The number of allylic oxidation sites excluding steroid dienone is 1. The van der Waals surface area contributed by atoms with Crippen LogP contribution >= 0.6 is 11.8 Å². The summed E-state index contributed by atoms with van der Waals surface area (Å²) in [6.45, 7) is 1.70. The van der Waals surface area contributed by atoms with Crippen molar-refractivity contribution < 1.29 is 14.0 Å². The number of thioether (sulfide) groups is 1. The zero-order chi connectivity index (χ0) is 24.7. The summed E-state index contributed by atoms with van der Waals surface area (Å²) < 4.78 is 17.7. The highest BCUT2D eigenvalue weighted by Gasteiger charge is 2.31. The van der Waals surface area contributed by atoms with Gasteiger partial charge in [0.2, 0.25) is 5.78 Å². The molecule has 0 radical (unpaired) electrons. The number of aromatic nitrogens is 2. The maximum absolute atomic E-state index is 14.6. The van der Waals surface area contributed by atoms with Crippen LogP contribution in [0.3, 0.4) is 0 Å².